The van der Waals surface area contributed by atoms with Crippen molar-refractivity contribution < 1.29 is 13.6 Å². The summed E-state index contributed by atoms with van der Waals surface area (Å²) in [7, 11) is -4.42. The Kier molecular flexibility index (Phi) is 8.12. The van der Waals surface area contributed by atoms with Crippen LogP contribution in [0.4, 0.5) is 0 Å². The first-order valence-electron chi connectivity index (χ1n) is 11.7. The zero-order chi connectivity index (χ0) is 26.3. The summed E-state index contributed by atoms with van der Waals surface area (Å²) in [4.78, 5) is 27.1. The zero-order valence-corrected chi connectivity index (χ0v) is 24.5. The van der Waals surface area contributed by atoms with Crippen molar-refractivity contribution in [2.45, 2.75) is 103 Å². The number of nitrogens with one attached hydrogen (secondary N) is 1. The summed E-state index contributed by atoms with van der Waals surface area (Å²) in [5.41, 5.74) is 0.0336. The Labute approximate surface area is 205 Å². The van der Waals surface area contributed by atoms with E-state index in [0.29, 0.717) is 11.1 Å². The number of aromatic amines is 1. The van der Waals surface area contributed by atoms with Crippen molar-refractivity contribution in [1.29, 1.82) is 5.26 Å². The molecule has 8 nitrogen and oxygen atoms in total. The fourth-order valence-corrected chi connectivity index (χ4v) is 5.40. The molecule has 34 heavy (non-hydrogen) atoms. The van der Waals surface area contributed by atoms with E-state index in [4.69, 9.17) is 13.6 Å². The van der Waals surface area contributed by atoms with Gasteiger partial charge in [-0.2, -0.15) is 5.26 Å². The van der Waals surface area contributed by atoms with Gasteiger partial charge in [0.05, 0.1) is 12.7 Å². The normalized spacial score (nSPS) is 23.4. The molecular weight excluding hydrogens is 466 g/mol. The summed E-state index contributed by atoms with van der Waals surface area (Å²) < 4.78 is 20.9. The fraction of sp³-hybridized carbons (Fsp3) is 0.708. The van der Waals surface area contributed by atoms with Crippen LogP contribution in [0.5, 0.6) is 0 Å². The van der Waals surface area contributed by atoms with E-state index >= 15 is 0 Å². The van der Waals surface area contributed by atoms with E-state index in [1.165, 1.54) is 16.8 Å². The zero-order valence-electron chi connectivity index (χ0n) is 22.5. The summed E-state index contributed by atoms with van der Waals surface area (Å²) in [5, 5.41) is 9.50. The molecule has 2 rings (SSSR count). The molecule has 2 heterocycles. The first-order chi connectivity index (χ1) is 15.3. The lowest BCUT2D eigenvalue weighted by atomic mass is 10.1. The number of hydrogen-bond acceptors (Lipinski definition) is 6. The Morgan fingerprint density at radius 3 is 2.18 bits per heavy atom. The number of aromatic nitrogens is 2. The number of H-pyrrole nitrogens is 1. The Balaban J connectivity index is 2.57. The second-order valence-electron chi connectivity index (χ2n) is 12.1. The van der Waals surface area contributed by atoms with Gasteiger partial charge in [-0.05, 0) is 43.2 Å². The molecule has 0 saturated carbocycles. The Hall–Kier alpha value is -1.78. The van der Waals surface area contributed by atoms with E-state index in [-0.39, 0.29) is 16.7 Å². The van der Waals surface area contributed by atoms with Gasteiger partial charge in [-0.1, -0.05) is 41.5 Å². The molecule has 1 aromatic heterocycles. The van der Waals surface area contributed by atoms with Gasteiger partial charge in [-0.3, -0.25) is 14.3 Å². The summed E-state index contributed by atoms with van der Waals surface area (Å²) in [6.45, 7) is 23.3. The average Bonchev–Trinajstić information content (AvgIpc) is 2.98. The summed E-state index contributed by atoms with van der Waals surface area (Å²) in [6.07, 6.45) is 0.921. The maximum Gasteiger partial charge on any atom is 0.330 e. The third kappa shape index (κ3) is 5.89. The third-order valence-corrected chi connectivity index (χ3v) is 16.5. The molecule has 0 amide bonds. The van der Waals surface area contributed by atoms with Crippen molar-refractivity contribution in [3.05, 3.63) is 44.2 Å². The van der Waals surface area contributed by atoms with E-state index < -0.39 is 46.3 Å². The molecule has 1 aromatic rings. The molecule has 3 atom stereocenters. The van der Waals surface area contributed by atoms with E-state index in [1.807, 2.05) is 0 Å². The van der Waals surface area contributed by atoms with Crippen LogP contribution in [-0.2, 0) is 13.6 Å². The standard InChI is InChI=1S/C24H41N3O5Si2/c1-16-14-27(22(29)26-20(16)28)21-19(32-34(10,11)24(5,6)7)17(12-13-25)18(31-21)15-30-33(8,9)23(2,3)4/h12,14,18-19,21H,15H2,1-11H3,(H,26,28,29)/b17-12-/t18-,19-,21-/m1/s1. The summed E-state index contributed by atoms with van der Waals surface area (Å²) in [6, 6.07) is 2.13. The number of nitriles is 1. The molecule has 1 aliphatic rings. The highest BCUT2D eigenvalue weighted by Crippen LogP contribution is 2.44. The molecule has 0 spiro atoms. The van der Waals surface area contributed by atoms with Crippen LogP contribution in [0.2, 0.25) is 36.3 Å². The highest BCUT2D eigenvalue weighted by Gasteiger charge is 2.49. The highest BCUT2D eigenvalue weighted by atomic mass is 28.4. The average molecular weight is 508 g/mol. The Bertz CT molecular complexity index is 1080. The molecule has 0 radical (unpaired) electrons. The van der Waals surface area contributed by atoms with Crippen molar-refractivity contribution in [2.24, 2.45) is 0 Å². The lowest BCUT2D eigenvalue weighted by molar-refractivity contribution is -0.0484. The number of hydrogen-bond donors (Lipinski definition) is 1. The molecule has 1 aliphatic heterocycles. The first kappa shape index (κ1) is 28.5. The van der Waals surface area contributed by atoms with Crippen LogP contribution in [0.3, 0.4) is 0 Å². The van der Waals surface area contributed by atoms with Crippen LogP contribution in [0, 0.1) is 18.3 Å². The Morgan fingerprint density at radius 2 is 1.68 bits per heavy atom. The van der Waals surface area contributed by atoms with Crippen molar-refractivity contribution in [3.63, 3.8) is 0 Å². The molecule has 1 N–H and O–H groups in total. The predicted octanol–water partition coefficient (Wildman–Crippen LogP) is 4.60. The minimum absolute atomic E-state index is 0.00806. The lowest BCUT2D eigenvalue weighted by Gasteiger charge is -2.39. The van der Waals surface area contributed by atoms with Crippen molar-refractivity contribution in [2.75, 3.05) is 6.61 Å². The van der Waals surface area contributed by atoms with Crippen LogP contribution in [0.15, 0.2) is 27.4 Å². The molecule has 0 unspecified atom stereocenters. The number of ether oxygens (including phenoxy) is 1. The number of nitrogens with zero attached hydrogens (tertiary/aromatic N) is 2. The minimum atomic E-state index is -2.33. The second-order valence-corrected chi connectivity index (χ2v) is 21.7. The van der Waals surface area contributed by atoms with E-state index in [1.54, 1.807) is 6.92 Å². The number of rotatable bonds is 6. The maximum atomic E-state index is 12.8. The minimum Gasteiger partial charge on any atom is -0.414 e. The second kappa shape index (κ2) is 9.70. The van der Waals surface area contributed by atoms with E-state index in [9.17, 15) is 14.9 Å². The number of aryl methyl sites for hydroxylation is 1. The van der Waals surface area contributed by atoms with Crippen molar-refractivity contribution in [3.8, 4) is 6.07 Å². The monoisotopic (exact) mass is 507 g/mol. The van der Waals surface area contributed by atoms with Gasteiger partial charge in [0.15, 0.2) is 22.9 Å². The first-order valence-corrected chi connectivity index (χ1v) is 17.5. The lowest BCUT2D eigenvalue weighted by Crippen LogP contribution is -2.47. The van der Waals surface area contributed by atoms with E-state index in [2.05, 4.69) is 78.8 Å². The van der Waals surface area contributed by atoms with Crippen LogP contribution in [0.1, 0.15) is 53.3 Å². The van der Waals surface area contributed by atoms with Gasteiger partial charge in [0.25, 0.3) is 5.56 Å². The van der Waals surface area contributed by atoms with Crippen molar-refractivity contribution in [1.82, 2.24) is 9.55 Å². The Morgan fingerprint density at radius 1 is 1.12 bits per heavy atom. The van der Waals surface area contributed by atoms with Gasteiger partial charge in [-0.25, -0.2) is 4.79 Å². The van der Waals surface area contributed by atoms with Crippen LogP contribution in [-0.4, -0.2) is 45.0 Å². The number of allylic oxidation sites excluding steroid dienone is 1. The predicted molar refractivity (Wildman–Crippen MR) is 139 cm³/mol. The molecule has 1 saturated heterocycles. The third-order valence-electron chi connectivity index (χ3n) is 7.54. The van der Waals surface area contributed by atoms with Gasteiger partial charge in [-0.15, -0.1) is 0 Å². The van der Waals surface area contributed by atoms with Crippen molar-refractivity contribution >= 4 is 16.6 Å². The van der Waals surface area contributed by atoms with Crippen LogP contribution in [0.25, 0.3) is 0 Å². The molecule has 0 bridgehead atoms. The van der Waals surface area contributed by atoms with Crippen LogP contribution >= 0.6 is 0 Å². The molecule has 0 aromatic carbocycles. The van der Waals surface area contributed by atoms with Gasteiger partial charge in [0, 0.05) is 23.4 Å². The molecule has 1 fully saturated rings. The van der Waals surface area contributed by atoms with Crippen LogP contribution < -0.4 is 11.2 Å². The molecular formula is C24H41N3O5Si2. The van der Waals surface area contributed by atoms with Gasteiger partial charge in [0.2, 0.25) is 0 Å². The quantitative estimate of drug-likeness (QED) is 0.445. The topological polar surface area (TPSA) is 106 Å². The largest absolute Gasteiger partial charge is 0.414 e. The van der Waals surface area contributed by atoms with Gasteiger partial charge < -0.3 is 13.6 Å². The molecule has 190 valence electrons. The summed E-state index contributed by atoms with van der Waals surface area (Å²) in [5.74, 6) is 0. The van der Waals surface area contributed by atoms with Gasteiger partial charge >= 0.3 is 5.69 Å². The highest BCUT2D eigenvalue weighted by molar-refractivity contribution is 6.74. The van der Waals surface area contributed by atoms with E-state index in [0.717, 1.165) is 0 Å². The molecule has 10 heteroatoms. The maximum absolute atomic E-state index is 12.8. The SMILES string of the molecule is Cc1cn([C@@H]2O[C@H](CO[Si](C)(C)C(C)(C)C)/C(=C/C#N)[C@H]2O[Si](C)(C)C(C)(C)C)c(=O)[nH]c1=O. The smallest absolute Gasteiger partial charge is 0.330 e. The van der Waals surface area contributed by atoms with Gasteiger partial charge in [0.1, 0.15) is 12.2 Å². The fourth-order valence-electron chi connectivity index (χ4n) is 3.16. The summed E-state index contributed by atoms with van der Waals surface area (Å²) >= 11 is 0. The molecule has 0 aliphatic carbocycles.